The lowest BCUT2D eigenvalue weighted by molar-refractivity contribution is -0.141. The lowest BCUT2D eigenvalue weighted by Gasteiger charge is -2.21. The summed E-state index contributed by atoms with van der Waals surface area (Å²) in [4.78, 5) is 22.4. The molecule has 0 spiro atoms. The third kappa shape index (κ3) is 4.20. The van der Waals surface area contributed by atoms with Crippen LogP contribution >= 0.6 is 0 Å². The van der Waals surface area contributed by atoms with E-state index in [1.54, 1.807) is 0 Å². The smallest absolute Gasteiger partial charge is 0.306 e. The van der Waals surface area contributed by atoms with Crippen LogP contribution in [-0.4, -0.2) is 41.3 Å². The van der Waals surface area contributed by atoms with E-state index in [0.717, 1.165) is 6.07 Å². The Morgan fingerprint density at radius 1 is 1.45 bits per heavy atom. The molecule has 0 aliphatic rings. The van der Waals surface area contributed by atoms with Crippen LogP contribution in [0, 0.1) is 5.82 Å². The van der Waals surface area contributed by atoms with Crippen molar-refractivity contribution in [1.82, 2.24) is 5.32 Å². The van der Waals surface area contributed by atoms with Crippen LogP contribution in [0.3, 0.4) is 0 Å². The zero-order chi connectivity index (χ0) is 15.3. The van der Waals surface area contributed by atoms with Gasteiger partial charge in [0, 0.05) is 6.54 Å². The molecule has 0 aliphatic heterocycles. The van der Waals surface area contributed by atoms with Gasteiger partial charge in [0.1, 0.15) is 17.1 Å². The Kier molecular flexibility index (Phi) is 5.04. The van der Waals surface area contributed by atoms with Crippen LogP contribution in [0.5, 0.6) is 5.75 Å². The van der Waals surface area contributed by atoms with E-state index in [0.29, 0.717) is 0 Å². The van der Waals surface area contributed by atoms with Gasteiger partial charge in [-0.1, -0.05) is 6.07 Å². The highest BCUT2D eigenvalue weighted by Crippen LogP contribution is 2.21. The number of hydrogen-bond acceptors (Lipinski definition) is 4. The molecule has 110 valence electrons. The molecule has 0 aromatic heterocycles. The van der Waals surface area contributed by atoms with Crippen molar-refractivity contribution in [3.63, 3.8) is 0 Å². The summed E-state index contributed by atoms with van der Waals surface area (Å²) in [5.74, 6) is -2.70. The molecule has 0 saturated carbocycles. The van der Waals surface area contributed by atoms with Crippen molar-refractivity contribution >= 4 is 11.9 Å². The molecule has 7 heteroatoms. The van der Waals surface area contributed by atoms with E-state index in [1.807, 2.05) is 0 Å². The average Bonchev–Trinajstić information content (AvgIpc) is 2.34. The van der Waals surface area contributed by atoms with Crippen LogP contribution in [0.15, 0.2) is 18.2 Å². The fraction of sp³-hybridized carbons (Fsp3) is 0.385. The van der Waals surface area contributed by atoms with E-state index < -0.39 is 29.7 Å². The van der Waals surface area contributed by atoms with Crippen molar-refractivity contribution in [1.29, 1.82) is 0 Å². The number of carbonyl (C=O) groups excluding carboxylic acids is 1. The van der Waals surface area contributed by atoms with E-state index in [-0.39, 0.29) is 17.9 Å². The van der Waals surface area contributed by atoms with Crippen molar-refractivity contribution in [2.45, 2.75) is 18.9 Å². The number of ether oxygens (including phenoxy) is 1. The topological polar surface area (TPSA) is 95.9 Å². The van der Waals surface area contributed by atoms with E-state index >= 15 is 0 Å². The van der Waals surface area contributed by atoms with Crippen molar-refractivity contribution in [3.05, 3.63) is 29.6 Å². The highest BCUT2D eigenvalue weighted by molar-refractivity contribution is 5.97. The molecule has 1 atom stereocenters. The summed E-state index contributed by atoms with van der Waals surface area (Å²) >= 11 is 0. The molecule has 1 aromatic rings. The third-order valence-corrected chi connectivity index (χ3v) is 2.58. The second-order valence-electron chi connectivity index (χ2n) is 4.57. The van der Waals surface area contributed by atoms with E-state index in [2.05, 4.69) is 5.32 Å². The zero-order valence-corrected chi connectivity index (χ0v) is 11.1. The highest BCUT2D eigenvalue weighted by Gasteiger charge is 2.26. The highest BCUT2D eigenvalue weighted by atomic mass is 19.1. The maximum absolute atomic E-state index is 13.6. The first-order valence-electron chi connectivity index (χ1n) is 5.82. The summed E-state index contributed by atoms with van der Waals surface area (Å²) in [6, 6.07) is 3.92. The Morgan fingerprint density at radius 3 is 2.65 bits per heavy atom. The van der Waals surface area contributed by atoms with Crippen LogP contribution < -0.4 is 10.1 Å². The van der Waals surface area contributed by atoms with Crippen molar-refractivity contribution < 1.29 is 28.9 Å². The van der Waals surface area contributed by atoms with E-state index in [9.17, 15) is 19.1 Å². The number of benzene rings is 1. The number of amides is 1. The molecule has 0 radical (unpaired) electrons. The zero-order valence-electron chi connectivity index (χ0n) is 11.1. The number of carboxylic acid groups (broad SMARTS) is 1. The van der Waals surface area contributed by atoms with Gasteiger partial charge in [-0.3, -0.25) is 9.59 Å². The molecule has 0 saturated heterocycles. The molecule has 6 nitrogen and oxygen atoms in total. The Bertz CT molecular complexity index is 515. The molecule has 1 rings (SSSR count). The molecule has 0 bridgehead atoms. The number of carbonyl (C=O) groups is 2. The minimum absolute atomic E-state index is 0.0559. The minimum Gasteiger partial charge on any atom is -0.496 e. The summed E-state index contributed by atoms with van der Waals surface area (Å²) in [5.41, 5.74) is -1.92. The van der Waals surface area contributed by atoms with Gasteiger partial charge in [-0.05, 0) is 19.1 Å². The normalized spacial score (nSPS) is 13.4. The van der Waals surface area contributed by atoms with Crippen LogP contribution in [0.2, 0.25) is 0 Å². The van der Waals surface area contributed by atoms with E-state index in [1.165, 1.54) is 26.2 Å². The SMILES string of the molecule is COc1cccc(F)c1C(=O)NCC(C)(O)CC(=O)O. The van der Waals surface area contributed by atoms with Crippen molar-refractivity contribution in [2.24, 2.45) is 0 Å². The Balaban J connectivity index is 2.80. The second-order valence-corrected chi connectivity index (χ2v) is 4.57. The Labute approximate surface area is 115 Å². The van der Waals surface area contributed by atoms with Gasteiger partial charge in [-0.15, -0.1) is 0 Å². The summed E-state index contributed by atoms with van der Waals surface area (Å²) in [6.45, 7) is 0.940. The average molecular weight is 285 g/mol. The lowest BCUT2D eigenvalue weighted by Crippen LogP contribution is -2.42. The molecular formula is C13H16FNO5. The first-order valence-corrected chi connectivity index (χ1v) is 5.82. The van der Waals surface area contributed by atoms with Gasteiger partial charge in [0.15, 0.2) is 0 Å². The third-order valence-electron chi connectivity index (χ3n) is 2.58. The van der Waals surface area contributed by atoms with E-state index in [4.69, 9.17) is 9.84 Å². The fourth-order valence-corrected chi connectivity index (χ4v) is 1.64. The van der Waals surface area contributed by atoms with Gasteiger partial charge in [0.05, 0.1) is 19.1 Å². The summed E-state index contributed by atoms with van der Waals surface area (Å²) < 4.78 is 18.5. The number of methoxy groups -OCH3 is 1. The van der Waals surface area contributed by atoms with Gasteiger partial charge < -0.3 is 20.3 Å². The molecule has 0 aliphatic carbocycles. The van der Waals surface area contributed by atoms with Gasteiger partial charge in [-0.25, -0.2) is 4.39 Å². The Hall–Kier alpha value is -2.15. The first kappa shape index (κ1) is 15.9. The largest absolute Gasteiger partial charge is 0.496 e. The molecular weight excluding hydrogens is 269 g/mol. The van der Waals surface area contributed by atoms with Gasteiger partial charge >= 0.3 is 5.97 Å². The number of aliphatic hydroxyl groups is 1. The molecule has 1 unspecified atom stereocenters. The predicted octanol–water partition coefficient (Wildman–Crippen LogP) is 0.790. The van der Waals surface area contributed by atoms with Crippen molar-refractivity contribution in [2.75, 3.05) is 13.7 Å². The number of hydrogen-bond donors (Lipinski definition) is 3. The number of nitrogens with one attached hydrogen (secondary N) is 1. The monoisotopic (exact) mass is 285 g/mol. The minimum atomic E-state index is -1.63. The van der Waals surface area contributed by atoms with Crippen molar-refractivity contribution in [3.8, 4) is 5.75 Å². The van der Waals surface area contributed by atoms with Crippen LogP contribution in [0.1, 0.15) is 23.7 Å². The van der Waals surface area contributed by atoms with Gasteiger partial charge in [0.25, 0.3) is 5.91 Å². The molecule has 1 aromatic carbocycles. The summed E-state index contributed by atoms with van der Waals surface area (Å²) in [5, 5.41) is 20.6. The van der Waals surface area contributed by atoms with Gasteiger partial charge in [-0.2, -0.15) is 0 Å². The molecule has 3 N–H and O–H groups in total. The summed E-state index contributed by atoms with van der Waals surface area (Å²) in [7, 11) is 1.30. The number of aliphatic carboxylic acids is 1. The van der Waals surface area contributed by atoms with Crippen LogP contribution in [-0.2, 0) is 4.79 Å². The van der Waals surface area contributed by atoms with Gasteiger partial charge in [0.2, 0.25) is 0 Å². The van der Waals surface area contributed by atoms with Crippen LogP contribution in [0.4, 0.5) is 4.39 Å². The predicted molar refractivity (Wildman–Crippen MR) is 68.2 cm³/mol. The number of carboxylic acids is 1. The summed E-state index contributed by atoms with van der Waals surface area (Å²) in [6.07, 6.45) is -0.540. The second kappa shape index (κ2) is 6.33. The Morgan fingerprint density at radius 2 is 2.10 bits per heavy atom. The van der Waals surface area contributed by atoms with Crippen LogP contribution in [0.25, 0.3) is 0 Å². The molecule has 20 heavy (non-hydrogen) atoms. The maximum atomic E-state index is 13.6. The standard InChI is InChI=1S/C13H16FNO5/c1-13(19,6-10(16)17)7-15-12(18)11-8(14)4-3-5-9(11)20-2/h3-5,19H,6-7H2,1-2H3,(H,15,18)(H,16,17). The quantitative estimate of drug-likeness (QED) is 0.718. The lowest BCUT2D eigenvalue weighted by atomic mass is 10.0. The fourth-order valence-electron chi connectivity index (χ4n) is 1.64. The first-order chi connectivity index (χ1) is 9.26. The maximum Gasteiger partial charge on any atom is 0.306 e. The molecule has 0 heterocycles. The molecule has 0 fully saturated rings. The number of rotatable bonds is 6. The molecule has 1 amide bonds. The number of halogens is 1.